The van der Waals surface area contributed by atoms with Crippen molar-refractivity contribution < 1.29 is 28.4 Å². The Morgan fingerprint density at radius 1 is 0.905 bits per heavy atom. The maximum atomic E-state index is 6.03. The maximum absolute atomic E-state index is 6.03. The largest absolute Gasteiger partial charge is 0.348 e. The molecule has 0 radical (unpaired) electrons. The molecule has 5 atom stereocenters. The summed E-state index contributed by atoms with van der Waals surface area (Å²) < 4.78 is 35.4. The normalized spacial score (nSPS) is 44.4. The van der Waals surface area contributed by atoms with Gasteiger partial charge in [0.05, 0.1) is 12.7 Å². The van der Waals surface area contributed by atoms with Gasteiger partial charge in [0.15, 0.2) is 17.9 Å². The lowest BCUT2D eigenvalue weighted by Crippen LogP contribution is -2.40. The van der Waals surface area contributed by atoms with Gasteiger partial charge in [-0.3, -0.25) is 0 Å². The lowest BCUT2D eigenvalue weighted by molar-refractivity contribution is -0.254. The maximum Gasteiger partial charge on any atom is 0.187 e. The van der Waals surface area contributed by atoms with E-state index in [1.54, 1.807) is 0 Å². The molecule has 0 spiro atoms. The summed E-state index contributed by atoms with van der Waals surface area (Å²) >= 11 is 0. The molecule has 0 bridgehead atoms. The van der Waals surface area contributed by atoms with Gasteiger partial charge in [-0.15, -0.1) is 0 Å². The van der Waals surface area contributed by atoms with Crippen LogP contribution in [0.4, 0.5) is 0 Å². The lowest BCUT2D eigenvalue weighted by Gasteiger charge is -2.27. The zero-order valence-corrected chi connectivity index (χ0v) is 13.6. The molecule has 0 aromatic heterocycles. The number of fused-ring (bicyclic) bond motifs is 1. The second-order valence-corrected chi connectivity index (χ2v) is 7.09. The van der Waals surface area contributed by atoms with Gasteiger partial charge in [0.1, 0.15) is 24.4 Å². The molecule has 0 aliphatic carbocycles. The quantitative estimate of drug-likeness (QED) is 0.792. The zero-order chi connectivity index (χ0) is 15.4. The van der Waals surface area contributed by atoms with Crippen LogP contribution in [0.25, 0.3) is 0 Å². The molecule has 3 fully saturated rings. The van der Waals surface area contributed by atoms with Crippen LogP contribution in [0.5, 0.6) is 0 Å². The van der Waals surface area contributed by atoms with Crippen molar-refractivity contribution in [2.45, 2.75) is 89.9 Å². The molecule has 3 heterocycles. The number of ether oxygens (including phenoxy) is 6. The third-order valence-electron chi connectivity index (χ3n) is 3.85. The van der Waals surface area contributed by atoms with E-state index in [1.165, 1.54) is 0 Å². The second kappa shape index (κ2) is 5.15. The third-order valence-corrected chi connectivity index (χ3v) is 3.85. The molecule has 0 aromatic rings. The number of rotatable bonds is 3. The Bertz CT molecular complexity index is 394. The highest BCUT2D eigenvalue weighted by molar-refractivity contribution is 4.99. The van der Waals surface area contributed by atoms with Gasteiger partial charge in [0, 0.05) is 0 Å². The minimum Gasteiger partial charge on any atom is -0.348 e. The average Bonchev–Trinajstić information content (AvgIpc) is 2.91. The van der Waals surface area contributed by atoms with Crippen molar-refractivity contribution in [1.82, 2.24) is 0 Å². The molecule has 21 heavy (non-hydrogen) atoms. The van der Waals surface area contributed by atoms with Gasteiger partial charge in [-0.05, 0) is 41.5 Å². The highest BCUT2D eigenvalue weighted by Gasteiger charge is 2.59. The molecular weight excluding hydrogens is 276 g/mol. The molecule has 6 heteroatoms. The topological polar surface area (TPSA) is 55.4 Å². The number of hydrogen-bond acceptors (Lipinski definition) is 6. The Balaban J connectivity index is 1.75. The predicted octanol–water partition coefficient (Wildman–Crippen LogP) is 1.81. The fourth-order valence-electron chi connectivity index (χ4n) is 3.15. The molecular formula is C15H26O6. The molecule has 3 saturated heterocycles. The van der Waals surface area contributed by atoms with Gasteiger partial charge in [-0.1, -0.05) is 0 Å². The van der Waals surface area contributed by atoms with Crippen LogP contribution >= 0.6 is 0 Å². The van der Waals surface area contributed by atoms with Crippen LogP contribution in [0.1, 0.15) is 41.5 Å². The zero-order valence-electron chi connectivity index (χ0n) is 13.6. The molecule has 0 amide bonds. The van der Waals surface area contributed by atoms with E-state index in [2.05, 4.69) is 0 Å². The van der Waals surface area contributed by atoms with Gasteiger partial charge in [-0.2, -0.15) is 0 Å². The monoisotopic (exact) mass is 302 g/mol. The van der Waals surface area contributed by atoms with Gasteiger partial charge in [-0.25, -0.2) is 0 Å². The van der Waals surface area contributed by atoms with Crippen molar-refractivity contribution in [3.8, 4) is 0 Å². The van der Waals surface area contributed by atoms with Crippen molar-refractivity contribution in [3.63, 3.8) is 0 Å². The smallest absolute Gasteiger partial charge is 0.187 e. The summed E-state index contributed by atoms with van der Waals surface area (Å²) in [5.41, 5.74) is 0. The van der Waals surface area contributed by atoms with Crippen LogP contribution in [-0.4, -0.2) is 55.0 Å². The van der Waals surface area contributed by atoms with Gasteiger partial charge in [0.25, 0.3) is 0 Å². The third kappa shape index (κ3) is 3.11. The van der Waals surface area contributed by atoms with Crippen LogP contribution in [0.3, 0.4) is 0 Å². The first-order chi connectivity index (χ1) is 9.67. The summed E-state index contributed by atoms with van der Waals surface area (Å²) in [6.45, 7) is 12.1. The van der Waals surface area contributed by atoms with Crippen LogP contribution in [0, 0.1) is 0 Å². The Morgan fingerprint density at radius 2 is 1.57 bits per heavy atom. The predicted molar refractivity (Wildman–Crippen MR) is 73.6 cm³/mol. The van der Waals surface area contributed by atoms with Crippen LogP contribution in [0.15, 0.2) is 0 Å². The molecule has 0 aromatic carbocycles. The first-order valence-electron chi connectivity index (χ1n) is 7.65. The summed E-state index contributed by atoms with van der Waals surface area (Å²) in [5, 5.41) is 0. The standard InChI is InChI=1S/C15H26O6/c1-8(2)17-13-12-11(20-15(5,6)21-12)10(18-13)9-7-16-14(3,4)19-9/h8-13H,7H2,1-6H3/t9-,10-,11+,12+,13+/m1/s1. The van der Waals surface area contributed by atoms with E-state index < -0.39 is 17.9 Å². The van der Waals surface area contributed by atoms with Crippen LogP contribution in [0.2, 0.25) is 0 Å². The summed E-state index contributed by atoms with van der Waals surface area (Å²) in [5.74, 6) is -1.22. The van der Waals surface area contributed by atoms with E-state index >= 15 is 0 Å². The fraction of sp³-hybridized carbons (Fsp3) is 1.00. The van der Waals surface area contributed by atoms with Crippen molar-refractivity contribution in [2.75, 3.05) is 6.61 Å². The molecule has 6 nitrogen and oxygen atoms in total. The summed E-state index contributed by atoms with van der Waals surface area (Å²) in [6, 6.07) is 0. The highest BCUT2D eigenvalue weighted by Crippen LogP contribution is 2.42. The molecule has 122 valence electrons. The second-order valence-electron chi connectivity index (χ2n) is 7.09. The molecule has 3 aliphatic rings. The van der Waals surface area contributed by atoms with E-state index in [-0.39, 0.29) is 30.5 Å². The van der Waals surface area contributed by atoms with E-state index in [4.69, 9.17) is 28.4 Å². The van der Waals surface area contributed by atoms with Crippen molar-refractivity contribution in [1.29, 1.82) is 0 Å². The Labute approximate surface area is 126 Å². The molecule has 0 N–H and O–H groups in total. The Hall–Kier alpha value is -0.240. The van der Waals surface area contributed by atoms with E-state index in [0.717, 1.165) is 0 Å². The van der Waals surface area contributed by atoms with Crippen molar-refractivity contribution in [2.24, 2.45) is 0 Å². The summed E-state index contributed by atoms with van der Waals surface area (Å²) in [7, 11) is 0. The van der Waals surface area contributed by atoms with E-state index in [1.807, 2.05) is 41.5 Å². The van der Waals surface area contributed by atoms with Crippen LogP contribution in [-0.2, 0) is 28.4 Å². The minimum atomic E-state index is -0.634. The average molecular weight is 302 g/mol. The van der Waals surface area contributed by atoms with Crippen LogP contribution < -0.4 is 0 Å². The number of hydrogen-bond donors (Lipinski definition) is 0. The van der Waals surface area contributed by atoms with Gasteiger partial charge < -0.3 is 28.4 Å². The van der Waals surface area contributed by atoms with E-state index in [0.29, 0.717) is 6.61 Å². The van der Waals surface area contributed by atoms with Gasteiger partial charge in [0.2, 0.25) is 0 Å². The molecule has 0 unspecified atom stereocenters. The first kappa shape index (κ1) is 15.6. The summed E-state index contributed by atoms with van der Waals surface area (Å²) in [4.78, 5) is 0. The molecule has 0 saturated carbocycles. The highest BCUT2D eigenvalue weighted by atomic mass is 16.8. The Kier molecular flexibility index (Phi) is 3.83. The first-order valence-corrected chi connectivity index (χ1v) is 7.65. The lowest BCUT2D eigenvalue weighted by atomic mass is 10.1. The summed E-state index contributed by atoms with van der Waals surface area (Å²) in [6.07, 6.45) is -1.24. The van der Waals surface area contributed by atoms with Crippen molar-refractivity contribution in [3.05, 3.63) is 0 Å². The minimum absolute atomic E-state index is 0.0545. The van der Waals surface area contributed by atoms with Gasteiger partial charge >= 0.3 is 0 Å². The fourth-order valence-corrected chi connectivity index (χ4v) is 3.15. The molecule has 3 rings (SSSR count). The SMILES string of the molecule is CC(C)O[C@H]1O[C@H]([C@H]2COC(C)(C)O2)[C@@H]2OC(C)(C)O[C@H]12. The van der Waals surface area contributed by atoms with Crippen molar-refractivity contribution >= 4 is 0 Å². The Morgan fingerprint density at radius 3 is 2.14 bits per heavy atom. The van der Waals surface area contributed by atoms with E-state index in [9.17, 15) is 0 Å². The molecule has 3 aliphatic heterocycles.